The number of nitrogens with zero attached hydrogens (tertiary/aromatic N) is 2. The largest absolute Gasteiger partial charge is 0.394 e. The molecule has 0 aliphatic rings. The first-order valence-corrected chi connectivity index (χ1v) is 9.62. The molecule has 0 saturated heterocycles. The maximum absolute atomic E-state index is 10.1. The van der Waals surface area contributed by atoms with Gasteiger partial charge in [0.05, 0.1) is 30.2 Å². The molecule has 0 amide bonds. The summed E-state index contributed by atoms with van der Waals surface area (Å²) in [6.45, 7) is 2.70. The smallest absolute Gasteiger partial charge is 0.203 e. The Morgan fingerprint density at radius 1 is 0.821 bits per heavy atom. The van der Waals surface area contributed by atoms with Crippen molar-refractivity contribution in [3.05, 3.63) is 101 Å². The quantitative estimate of drug-likeness (QED) is 0.528. The van der Waals surface area contributed by atoms with Gasteiger partial charge in [0.1, 0.15) is 0 Å². The van der Waals surface area contributed by atoms with E-state index in [9.17, 15) is 5.11 Å². The third-order valence-corrected chi connectivity index (χ3v) is 5.27. The molecule has 4 nitrogen and oxygen atoms in total. The molecule has 0 spiro atoms. The van der Waals surface area contributed by atoms with E-state index >= 15 is 0 Å². The average Bonchev–Trinajstić information content (AvgIpc) is 3.00. The van der Waals surface area contributed by atoms with Gasteiger partial charge in [0.25, 0.3) is 0 Å². The molecule has 0 saturated carbocycles. The lowest BCUT2D eigenvalue weighted by Crippen LogP contribution is -2.30. The van der Waals surface area contributed by atoms with Gasteiger partial charge in [-0.25, -0.2) is 0 Å². The Kier molecular flexibility index (Phi) is 5.13. The summed E-state index contributed by atoms with van der Waals surface area (Å²) < 4.78 is 3.99. The molecule has 1 heterocycles. The topological polar surface area (TPSA) is 53.9 Å². The minimum atomic E-state index is -0.181. The minimum absolute atomic E-state index is 0.00994. The summed E-state index contributed by atoms with van der Waals surface area (Å²) in [5.41, 5.74) is 5.95. The lowest BCUT2D eigenvalue weighted by Gasteiger charge is -2.17. The molecule has 4 heteroatoms. The van der Waals surface area contributed by atoms with Crippen LogP contribution in [-0.4, -0.2) is 20.8 Å². The molecule has 0 aliphatic carbocycles. The molecule has 4 rings (SSSR count). The molecule has 0 bridgehead atoms. The van der Waals surface area contributed by atoms with Gasteiger partial charge in [-0.15, -0.1) is 0 Å². The lowest BCUT2D eigenvalue weighted by atomic mass is 10.1. The third kappa shape index (κ3) is 3.51. The van der Waals surface area contributed by atoms with Crippen molar-refractivity contribution in [2.75, 3.05) is 6.61 Å². The molecule has 3 aromatic carbocycles. The van der Waals surface area contributed by atoms with E-state index in [0.29, 0.717) is 18.6 Å². The highest BCUT2D eigenvalue weighted by atomic mass is 16.3. The van der Waals surface area contributed by atoms with E-state index in [-0.39, 0.29) is 12.6 Å². The van der Waals surface area contributed by atoms with Crippen molar-refractivity contribution >= 4 is 11.0 Å². The van der Waals surface area contributed by atoms with Crippen molar-refractivity contribution in [3.63, 3.8) is 0 Å². The van der Waals surface area contributed by atoms with Gasteiger partial charge in [-0.3, -0.25) is 5.41 Å². The summed E-state index contributed by atoms with van der Waals surface area (Å²) in [5, 5.41) is 19.0. The second-order valence-corrected chi connectivity index (χ2v) is 7.28. The average molecular weight is 371 g/mol. The van der Waals surface area contributed by atoms with Crippen molar-refractivity contribution in [2.45, 2.75) is 25.9 Å². The van der Waals surface area contributed by atoms with E-state index in [1.165, 1.54) is 5.56 Å². The molecule has 4 aromatic rings. The highest BCUT2D eigenvalue weighted by Gasteiger charge is 2.18. The zero-order chi connectivity index (χ0) is 19.5. The van der Waals surface area contributed by atoms with Crippen molar-refractivity contribution in [2.24, 2.45) is 0 Å². The Morgan fingerprint density at radius 2 is 1.46 bits per heavy atom. The van der Waals surface area contributed by atoms with E-state index in [4.69, 9.17) is 5.41 Å². The SMILES string of the molecule is Cc1ccc(Cn2c(=N)n([C@@H](CO)Cc3ccccc3)c3ccccc32)cc1. The van der Waals surface area contributed by atoms with E-state index in [1.54, 1.807) is 0 Å². The Labute approximate surface area is 164 Å². The number of hydrogen-bond acceptors (Lipinski definition) is 2. The molecule has 142 valence electrons. The van der Waals surface area contributed by atoms with Crippen LogP contribution in [-0.2, 0) is 13.0 Å². The number of nitrogens with one attached hydrogen (secondary N) is 1. The Morgan fingerprint density at radius 3 is 2.14 bits per heavy atom. The molecular formula is C24H25N3O. The zero-order valence-corrected chi connectivity index (χ0v) is 16.0. The number of para-hydroxylation sites is 2. The first kappa shape index (κ1) is 18.3. The highest BCUT2D eigenvalue weighted by Crippen LogP contribution is 2.21. The van der Waals surface area contributed by atoms with Crippen LogP contribution in [0.25, 0.3) is 11.0 Å². The molecule has 0 radical (unpaired) electrons. The first-order valence-electron chi connectivity index (χ1n) is 9.62. The number of benzene rings is 3. The summed E-state index contributed by atoms with van der Waals surface area (Å²) in [5.74, 6) is 0. The molecule has 0 aliphatic heterocycles. The Balaban J connectivity index is 1.79. The van der Waals surface area contributed by atoms with Crippen LogP contribution >= 0.6 is 0 Å². The lowest BCUT2D eigenvalue weighted by molar-refractivity contribution is 0.225. The molecular weight excluding hydrogens is 346 g/mol. The predicted molar refractivity (Wildman–Crippen MR) is 112 cm³/mol. The minimum Gasteiger partial charge on any atom is -0.394 e. The number of aliphatic hydroxyl groups excluding tert-OH is 1. The van der Waals surface area contributed by atoms with Crippen LogP contribution < -0.4 is 5.62 Å². The predicted octanol–water partition coefficient (Wildman–Crippen LogP) is 4.06. The van der Waals surface area contributed by atoms with Gasteiger partial charge in [0.2, 0.25) is 5.62 Å². The van der Waals surface area contributed by atoms with Crippen LogP contribution in [0.4, 0.5) is 0 Å². The van der Waals surface area contributed by atoms with Crippen molar-refractivity contribution < 1.29 is 5.11 Å². The van der Waals surface area contributed by atoms with Crippen LogP contribution in [0, 0.1) is 12.3 Å². The fourth-order valence-electron chi connectivity index (χ4n) is 3.78. The number of aliphatic hydroxyl groups is 1. The van der Waals surface area contributed by atoms with Crippen LogP contribution in [0.15, 0.2) is 78.9 Å². The van der Waals surface area contributed by atoms with Gasteiger partial charge in [-0.2, -0.15) is 0 Å². The fourth-order valence-corrected chi connectivity index (χ4v) is 3.78. The summed E-state index contributed by atoms with van der Waals surface area (Å²) in [6, 6.07) is 26.5. The second-order valence-electron chi connectivity index (χ2n) is 7.28. The number of aryl methyl sites for hydroxylation is 1. The first-order chi connectivity index (χ1) is 13.7. The van der Waals surface area contributed by atoms with Crippen LogP contribution in [0.2, 0.25) is 0 Å². The molecule has 0 fully saturated rings. The summed E-state index contributed by atoms with van der Waals surface area (Å²) >= 11 is 0. The maximum atomic E-state index is 10.1. The number of fused-ring (bicyclic) bond motifs is 1. The van der Waals surface area contributed by atoms with Crippen molar-refractivity contribution in [1.82, 2.24) is 9.13 Å². The summed E-state index contributed by atoms with van der Waals surface area (Å²) in [7, 11) is 0. The number of aromatic nitrogens is 2. The van der Waals surface area contributed by atoms with Crippen molar-refractivity contribution in [1.29, 1.82) is 5.41 Å². The number of rotatable bonds is 6. The zero-order valence-electron chi connectivity index (χ0n) is 16.0. The molecule has 1 aromatic heterocycles. The second kappa shape index (κ2) is 7.87. The van der Waals surface area contributed by atoms with Gasteiger partial charge < -0.3 is 14.2 Å². The standard InChI is InChI=1S/C24H25N3O/c1-18-11-13-20(14-12-18)16-26-22-9-5-6-10-23(22)27(24(26)25)21(17-28)15-19-7-3-2-4-8-19/h2-14,21,25,28H,15-17H2,1H3/t21-/m1/s1. The van der Waals surface area contributed by atoms with E-state index in [1.807, 2.05) is 45.5 Å². The molecule has 28 heavy (non-hydrogen) atoms. The number of hydrogen-bond donors (Lipinski definition) is 2. The fraction of sp³-hybridized carbons (Fsp3) is 0.208. The monoisotopic (exact) mass is 371 g/mol. The maximum Gasteiger partial charge on any atom is 0.203 e. The van der Waals surface area contributed by atoms with Crippen LogP contribution in [0.5, 0.6) is 0 Å². The third-order valence-electron chi connectivity index (χ3n) is 5.27. The van der Waals surface area contributed by atoms with E-state index in [2.05, 4.69) is 49.4 Å². The molecule has 2 N–H and O–H groups in total. The van der Waals surface area contributed by atoms with E-state index in [0.717, 1.165) is 22.2 Å². The Bertz CT molecular complexity index is 1120. The van der Waals surface area contributed by atoms with Gasteiger partial charge >= 0.3 is 0 Å². The van der Waals surface area contributed by atoms with Crippen molar-refractivity contribution in [3.8, 4) is 0 Å². The molecule has 0 unspecified atom stereocenters. The summed E-state index contributed by atoms with van der Waals surface area (Å²) in [6.07, 6.45) is 0.687. The van der Waals surface area contributed by atoms with Gasteiger partial charge in [0.15, 0.2) is 0 Å². The normalized spacial score (nSPS) is 12.4. The number of imidazole rings is 1. The molecule has 1 atom stereocenters. The van der Waals surface area contributed by atoms with Gasteiger partial charge in [-0.05, 0) is 36.6 Å². The van der Waals surface area contributed by atoms with Gasteiger partial charge in [-0.1, -0.05) is 72.3 Å². The highest BCUT2D eigenvalue weighted by molar-refractivity contribution is 5.76. The van der Waals surface area contributed by atoms with Gasteiger partial charge in [0, 0.05) is 0 Å². The Hall–Kier alpha value is -3.11. The van der Waals surface area contributed by atoms with E-state index < -0.39 is 0 Å². The van der Waals surface area contributed by atoms with Crippen LogP contribution in [0.3, 0.4) is 0 Å². The van der Waals surface area contributed by atoms with Crippen LogP contribution in [0.1, 0.15) is 22.7 Å². The summed E-state index contributed by atoms with van der Waals surface area (Å²) in [4.78, 5) is 0.